The number of nitrogens with one attached hydrogen (secondary N) is 1. The summed E-state index contributed by atoms with van der Waals surface area (Å²) in [6.45, 7) is 0.818. The molecule has 0 unspecified atom stereocenters. The highest BCUT2D eigenvalue weighted by atomic mass is 32.2. The molecule has 2 heterocycles. The van der Waals surface area contributed by atoms with E-state index in [1.54, 1.807) is 6.20 Å². The molecule has 10 heteroatoms. The lowest BCUT2D eigenvalue weighted by Crippen LogP contribution is -2.08. The third-order valence-electron chi connectivity index (χ3n) is 4.64. The number of hydrogen-bond donors (Lipinski definition) is 1. The molecule has 1 aromatic heterocycles. The number of halogens is 5. The fourth-order valence-corrected chi connectivity index (χ4v) is 3.66. The number of fused-ring (bicyclic) bond motifs is 1. The van der Waals surface area contributed by atoms with E-state index in [-0.39, 0.29) is 12.0 Å². The van der Waals surface area contributed by atoms with E-state index in [9.17, 15) is 22.0 Å². The molecule has 33 heavy (non-hydrogen) atoms. The summed E-state index contributed by atoms with van der Waals surface area (Å²) in [5, 5.41) is 7.78. The average molecular weight is 484 g/mol. The summed E-state index contributed by atoms with van der Waals surface area (Å²) >= 11 is 1.51. The van der Waals surface area contributed by atoms with Crippen molar-refractivity contribution in [2.24, 2.45) is 0 Å². The number of alkyl halides is 5. The van der Waals surface area contributed by atoms with Crippen LogP contribution in [0.5, 0.6) is 5.75 Å². The number of rotatable bonds is 6. The van der Waals surface area contributed by atoms with Gasteiger partial charge >= 0.3 is 6.18 Å². The molecular weight excluding hydrogens is 461 g/mol. The molecule has 1 aliphatic heterocycles. The standard InChI is InChI=1S/C13H13N3OS.C10H9F5/c1-4-13(15-14-7-1)16-18-11-6-5-10-3-2-8-17-12(10)9-11;11-9(12)5-4-7-2-1-3-8(6-7)10(13,14)15/h1,4-7,9H,2-3,8H2,(H,15,16);1-3,6,9H,4-5H2. The van der Waals surface area contributed by atoms with Crippen LogP contribution in [0.2, 0.25) is 0 Å². The van der Waals surface area contributed by atoms with Crippen LogP contribution in [0.15, 0.2) is 65.7 Å². The van der Waals surface area contributed by atoms with E-state index in [0.29, 0.717) is 0 Å². The second-order valence-corrected chi connectivity index (χ2v) is 8.04. The van der Waals surface area contributed by atoms with E-state index >= 15 is 0 Å². The van der Waals surface area contributed by atoms with Gasteiger partial charge in [-0.25, -0.2) is 8.78 Å². The Kier molecular flexibility index (Phi) is 8.87. The van der Waals surface area contributed by atoms with Crippen LogP contribution in [-0.2, 0) is 19.0 Å². The molecule has 4 rings (SSSR count). The number of anilines is 1. The molecule has 0 bridgehead atoms. The first-order valence-corrected chi connectivity index (χ1v) is 11.0. The van der Waals surface area contributed by atoms with Crippen LogP contribution in [0.4, 0.5) is 27.8 Å². The lowest BCUT2D eigenvalue weighted by molar-refractivity contribution is -0.137. The lowest BCUT2D eigenvalue weighted by atomic mass is 10.1. The Morgan fingerprint density at radius 1 is 1.06 bits per heavy atom. The number of aryl methyl sites for hydroxylation is 2. The Bertz CT molecular complexity index is 1020. The molecule has 0 saturated heterocycles. The van der Waals surface area contributed by atoms with Crippen LogP contribution in [-0.4, -0.2) is 23.2 Å². The molecule has 0 saturated carbocycles. The number of benzene rings is 2. The number of hydrogen-bond acceptors (Lipinski definition) is 5. The van der Waals surface area contributed by atoms with Gasteiger partial charge in [0.05, 0.1) is 12.2 Å². The molecule has 2 aromatic carbocycles. The molecule has 0 fully saturated rings. The minimum absolute atomic E-state index is 0.0401. The summed E-state index contributed by atoms with van der Waals surface area (Å²) in [4.78, 5) is 1.11. The van der Waals surface area contributed by atoms with E-state index in [0.717, 1.165) is 48.0 Å². The monoisotopic (exact) mass is 483 g/mol. The quantitative estimate of drug-likeness (QED) is 0.308. The molecular formula is C23H22F5N3OS. The molecule has 0 spiro atoms. The van der Waals surface area contributed by atoms with E-state index in [4.69, 9.17) is 4.74 Å². The van der Waals surface area contributed by atoms with Gasteiger partial charge in [-0.2, -0.15) is 18.3 Å². The van der Waals surface area contributed by atoms with Crippen molar-refractivity contribution < 1.29 is 26.7 Å². The molecule has 1 N–H and O–H groups in total. The van der Waals surface area contributed by atoms with Crippen LogP contribution >= 0.6 is 11.9 Å². The van der Waals surface area contributed by atoms with Crippen molar-refractivity contribution in [1.82, 2.24) is 10.2 Å². The summed E-state index contributed by atoms with van der Waals surface area (Å²) < 4.78 is 69.1. The Morgan fingerprint density at radius 3 is 2.64 bits per heavy atom. The van der Waals surface area contributed by atoms with Crippen LogP contribution in [0.1, 0.15) is 29.5 Å². The second-order valence-electron chi connectivity index (χ2n) is 7.16. The number of ether oxygens (including phenoxy) is 1. The number of aromatic nitrogens is 2. The van der Waals surface area contributed by atoms with Gasteiger partial charge in [-0.1, -0.05) is 24.3 Å². The van der Waals surface area contributed by atoms with Crippen LogP contribution in [0, 0.1) is 0 Å². The predicted molar refractivity (Wildman–Crippen MR) is 118 cm³/mol. The van der Waals surface area contributed by atoms with Crippen molar-refractivity contribution in [1.29, 1.82) is 0 Å². The van der Waals surface area contributed by atoms with E-state index in [2.05, 4.69) is 33.1 Å². The van der Waals surface area contributed by atoms with Crippen LogP contribution in [0.25, 0.3) is 0 Å². The lowest BCUT2D eigenvalue weighted by Gasteiger charge is -2.17. The first kappa shape index (κ1) is 24.8. The van der Waals surface area contributed by atoms with Crippen molar-refractivity contribution in [2.45, 2.75) is 43.2 Å². The Morgan fingerprint density at radius 2 is 1.91 bits per heavy atom. The summed E-state index contributed by atoms with van der Waals surface area (Å²) in [6, 6.07) is 14.5. The molecule has 0 atom stereocenters. The van der Waals surface area contributed by atoms with Gasteiger partial charge in [-0.15, -0.1) is 5.10 Å². The molecule has 4 nitrogen and oxygen atoms in total. The second kappa shape index (κ2) is 11.8. The van der Waals surface area contributed by atoms with Gasteiger partial charge in [0.25, 0.3) is 0 Å². The fraction of sp³-hybridized carbons (Fsp3) is 0.304. The first-order chi connectivity index (χ1) is 15.8. The molecule has 0 amide bonds. The third-order valence-corrected chi connectivity index (χ3v) is 5.44. The largest absolute Gasteiger partial charge is 0.493 e. The van der Waals surface area contributed by atoms with Crippen molar-refractivity contribution in [3.63, 3.8) is 0 Å². The van der Waals surface area contributed by atoms with Gasteiger partial charge in [0.15, 0.2) is 5.82 Å². The van der Waals surface area contributed by atoms with Crippen molar-refractivity contribution in [3.05, 3.63) is 77.5 Å². The van der Waals surface area contributed by atoms with Crippen LogP contribution in [0.3, 0.4) is 0 Å². The van der Waals surface area contributed by atoms with Gasteiger partial charge in [0.1, 0.15) is 5.75 Å². The first-order valence-electron chi connectivity index (χ1n) is 10.2. The van der Waals surface area contributed by atoms with Gasteiger partial charge in [0.2, 0.25) is 6.43 Å². The van der Waals surface area contributed by atoms with Crippen molar-refractivity contribution >= 4 is 17.8 Å². The topological polar surface area (TPSA) is 47.0 Å². The van der Waals surface area contributed by atoms with Gasteiger partial charge < -0.3 is 9.46 Å². The van der Waals surface area contributed by atoms with E-state index in [1.807, 2.05) is 12.1 Å². The molecule has 0 radical (unpaired) electrons. The van der Waals surface area contributed by atoms with Gasteiger partial charge in [-0.05, 0) is 72.7 Å². The molecule has 0 aliphatic carbocycles. The highest BCUT2D eigenvalue weighted by molar-refractivity contribution is 8.00. The van der Waals surface area contributed by atoms with E-state index in [1.165, 1.54) is 29.6 Å². The third kappa shape index (κ3) is 8.20. The molecule has 1 aliphatic rings. The maximum absolute atomic E-state index is 12.2. The maximum Gasteiger partial charge on any atom is 0.416 e. The molecule has 176 valence electrons. The van der Waals surface area contributed by atoms with E-state index < -0.39 is 24.6 Å². The summed E-state index contributed by atoms with van der Waals surface area (Å²) in [5.41, 5.74) is 0.782. The summed E-state index contributed by atoms with van der Waals surface area (Å²) in [5.74, 6) is 1.76. The van der Waals surface area contributed by atoms with Gasteiger partial charge in [-0.3, -0.25) is 0 Å². The predicted octanol–water partition coefficient (Wildman–Crippen LogP) is 6.82. The van der Waals surface area contributed by atoms with Crippen molar-refractivity contribution in [2.75, 3.05) is 11.3 Å². The Labute approximate surface area is 192 Å². The summed E-state index contributed by atoms with van der Waals surface area (Å²) in [7, 11) is 0. The maximum atomic E-state index is 12.2. The molecule has 3 aromatic rings. The average Bonchev–Trinajstić information content (AvgIpc) is 2.82. The smallest absolute Gasteiger partial charge is 0.416 e. The van der Waals surface area contributed by atoms with Crippen molar-refractivity contribution in [3.8, 4) is 5.75 Å². The SMILES string of the molecule is FC(F)CCc1cccc(C(F)(F)F)c1.c1cnnc(NSc2ccc3c(c2)OCCC3)c1. The highest BCUT2D eigenvalue weighted by Crippen LogP contribution is 2.31. The minimum atomic E-state index is -4.42. The highest BCUT2D eigenvalue weighted by Gasteiger charge is 2.30. The zero-order valence-corrected chi connectivity index (χ0v) is 18.3. The van der Waals surface area contributed by atoms with Crippen LogP contribution < -0.4 is 9.46 Å². The Balaban J connectivity index is 0.000000190. The normalized spacial score (nSPS) is 12.9. The Hall–Kier alpha value is -2.88. The fourth-order valence-electron chi connectivity index (χ4n) is 3.03. The zero-order valence-electron chi connectivity index (χ0n) is 17.5. The van der Waals surface area contributed by atoms with Gasteiger partial charge in [0, 0.05) is 17.5 Å². The zero-order chi connectivity index (χ0) is 23.7. The summed E-state index contributed by atoms with van der Waals surface area (Å²) in [6.07, 6.45) is -3.49. The number of nitrogens with zero attached hydrogens (tertiary/aromatic N) is 2. The minimum Gasteiger partial charge on any atom is -0.493 e.